The van der Waals surface area contributed by atoms with E-state index in [2.05, 4.69) is 15.0 Å². The summed E-state index contributed by atoms with van der Waals surface area (Å²) in [7, 11) is -1.52. The van der Waals surface area contributed by atoms with Crippen molar-refractivity contribution in [2.75, 3.05) is 26.3 Å². The predicted molar refractivity (Wildman–Crippen MR) is 96.6 cm³/mol. The number of morpholine rings is 1. The Kier molecular flexibility index (Phi) is 4.49. The summed E-state index contributed by atoms with van der Waals surface area (Å²) >= 11 is 0. The van der Waals surface area contributed by atoms with Crippen LogP contribution < -0.4 is 5.73 Å². The number of carbonyl (C=O) groups excluding carboxylic acids is 1. The highest BCUT2D eigenvalue weighted by molar-refractivity contribution is 7.83. The van der Waals surface area contributed by atoms with Crippen LogP contribution in [0.1, 0.15) is 10.5 Å². The van der Waals surface area contributed by atoms with Crippen LogP contribution in [0, 0.1) is 0 Å². The van der Waals surface area contributed by atoms with Crippen molar-refractivity contribution < 1.29 is 13.7 Å². The van der Waals surface area contributed by atoms with Gasteiger partial charge in [-0.1, -0.05) is 6.07 Å². The first-order valence-electron chi connectivity index (χ1n) is 8.11. The van der Waals surface area contributed by atoms with Gasteiger partial charge in [-0.15, -0.1) is 0 Å². The lowest BCUT2D eigenvalue weighted by atomic mass is 10.1. The van der Waals surface area contributed by atoms with E-state index in [-0.39, 0.29) is 5.69 Å². The molecule has 3 N–H and O–H groups in total. The van der Waals surface area contributed by atoms with E-state index in [4.69, 9.17) is 10.5 Å². The van der Waals surface area contributed by atoms with Gasteiger partial charge in [0.25, 0.3) is 5.91 Å². The summed E-state index contributed by atoms with van der Waals surface area (Å²) in [4.78, 5) is 23.7. The Labute approximate surface area is 152 Å². The third-order valence-corrected chi connectivity index (χ3v) is 5.84. The molecule has 0 radical (unpaired) electrons. The van der Waals surface area contributed by atoms with Crippen molar-refractivity contribution in [2.45, 2.75) is 4.90 Å². The molecule has 8 nitrogen and oxygen atoms in total. The molecule has 1 aromatic carbocycles. The van der Waals surface area contributed by atoms with E-state index in [0.29, 0.717) is 47.8 Å². The zero-order valence-corrected chi connectivity index (χ0v) is 14.7. The predicted octanol–water partition coefficient (Wildman–Crippen LogP) is 1.08. The summed E-state index contributed by atoms with van der Waals surface area (Å²) in [6.45, 7) is 2.07. The third-order valence-electron chi connectivity index (χ3n) is 4.24. The molecule has 0 spiro atoms. The number of benzene rings is 1. The van der Waals surface area contributed by atoms with Crippen molar-refractivity contribution in [1.82, 2.24) is 19.3 Å². The molecule has 4 rings (SSSR count). The second kappa shape index (κ2) is 6.94. The van der Waals surface area contributed by atoms with Gasteiger partial charge in [-0.2, -0.15) is 0 Å². The standard InChI is InChI=1S/C17H17N5O3S/c18-17(23)15-16(26(24)22-5-7-25-8-6-22)12-9-11(1-2-13(12)21-15)14-10-19-3-4-20-14/h1-4,9-10,21H,5-8H2,(H2,18,23). The average Bonchev–Trinajstić information content (AvgIpc) is 3.08. The molecule has 1 unspecified atom stereocenters. The first-order chi connectivity index (χ1) is 12.6. The van der Waals surface area contributed by atoms with Crippen LogP contribution in [0.5, 0.6) is 0 Å². The number of primary amides is 1. The lowest BCUT2D eigenvalue weighted by Crippen LogP contribution is -2.38. The van der Waals surface area contributed by atoms with E-state index in [9.17, 15) is 9.00 Å². The lowest BCUT2D eigenvalue weighted by molar-refractivity contribution is 0.0752. The van der Waals surface area contributed by atoms with Crippen molar-refractivity contribution in [3.05, 3.63) is 42.5 Å². The molecule has 0 bridgehead atoms. The molecule has 2 aromatic heterocycles. The molecule has 1 atom stereocenters. The number of rotatable bonds is 4. The molecule has 134 valence electrons. The number of ether oxygens (including phenoxy) is 1. The maximum Gasteiger partial charge on any atom is 0.266 e. The van der Waals surface area contributed by atoms with Crippen molar-refractivity contribution in [1.29, 1.82) is 0 Å². The molecule has 9 heteroatoms. The van der Waals surface area contributed by atoms with Gasteiger partial charge in [0.15, 0.2) is 0 Å². The van der Waals surface area contributed by atoms with Gasteiger partial charge in [0.2, 0.25) is 0 Å². The SMILES string of the molecule is NC(=O)c1[nH]c2ccc(-c3cnccn3)cc2c1S(=O)N1CCOCC1. The van der Waals surface area contributed by atoms with Crippen molar-refractivity contribution >= 4 is 27.8 Å². The van der Waals surface area contributed by atoms with Gasteiger partial charge in [0.05, 0.1) is 30.0 Å². The lowest BCUT2D eigenvalue weighted by Gasteiger charge is -2.25. The highest BCUT2D eigenvalue weighted by Gasteiger charge is 2.26. The van der Waals surface area contributed by atoms with Gasteiger partial charge in [-0.25, -0.2) is 8.51 Å². The van der Waals surface area contributed by atoms with Crippen LogP contribution in [0.3, 0.4) is 0 Å². The van der Waals surface area contributed by atoms with Crippen molar-refractivity contribution in [2.24, 2.45) is 5.73 Å². The number of aromatic amines is 1. The molecule has 3 aromatic rings. The zero-order valence-electron chi connectivity index (χ0n) is 13.8. The van der Waals surface area contributed by atoms with Gasteiger partial charge in [-0.3, -0.25) is 14.8 Å². The van der Waals surface area contributed by atoms with E-state index in [1.807, 2.05) is 18.2 Å². The first kappa shape index (κ1) is 16.8. The van der Waals surface area contributed by atoms with Crippen LogP contribution in [0.2, 0.25) is 0 Å². The maximum absolute atomic E-state index is 13.2. The Morgan fingerprint density at radius 1 is 1.27 bits per heavy atom. The number of hydrogen-bond donors (Lipinski definition) is 2. The monoisotopic (exact) mass is 371 g/mol. The second-order valence-corrected chi connectivity index (χ2v) is 7.26. The van der Waals surface area contributed by atoms with Gasteiger partial charge < -0.3 is 15.5 Å². The fraction of sp³-hybridized carbons (Fsp3) is 0.235. The fourth-order valence-corrected chi connectivity index (χ4v) is 4.39. The number of carbonyl (C=O) groups is 1. The Morgan fingerprint density at radius 3 is 2.77 bits per heavy atom. The number of nitrogens with zero attached hydrogens (tertiary/aromatic N) is 3. The molecule has 1 fully saturated rings. The van der Waals surface area contributed by atoms with Crippen molar-refractivity contribution in [3.63, 3.8) is 0 Å². The van der Waals surface area contributed by atoms with Crippen LogP contribution in [-0.2, 0) is 15.7 Å². The summed E-state index contributed by atoms with van der Waals surface area (Å²) < 4.78 is 20.3. The van der Waals surface area contributed by atoms with Crippen LogP contribution in [0.4, 0.5) is 0 Å². The minimum absolute atomic E-state index is 0.168. The molecule has 3 heterocycles. The number of amides is 1. The van der Waals surface area contributed by atoms with Gasteiger partial charge in [-0.05, 0) is 12.1 Å². The van der Waals surface area contributed by atoms with Gasteiger partial charge in [0.1, 0.15) is 16.7 Å². The molecular weight excluding hydrogens is 354 g/mol. The van der Waals surface area contributed by atoms with E-state index in [1.165, 1.54) is 0 Å². The highest BCUT2D eigenvalue weighted by Crippen LogP contribution is 2.31. The summed E-state index contributed by atoms with van der Waals surface area (Å²) in [6.07, 6.45) is 4.86. The van der Waals surface area contributed by atoms with Gasteiger partial charge >= 0.3 is 0 Å². The third kappa shape index (κ3) is 3.00. The molecule has 26 heavy (non-hydrogen) atoms. The second-order valence-electron chi connectivity index (χ2n) is 5.83. The number of nitrogens with one attached hydrogen (secondary N) is 1. The molecule has 1 amide bonds. The van der Waals surface area contributed by atoms with Crippen LogP contribution in [0.25, 0.3) is 22.2 Å². The molecule has 0 saturated carbocycles. The maximum atomic E-state index is 13.2. The number of H-pyrrole nitrogens is 1. The Hall–Kier alpha value is -2.62. The topological polar surface area (TPSA) is 114 Å². The molecule has 1 saturated heterocycles. The van der Waals surface area contributed by atoms with Crippen LogP contribution in [0.15, 0.2) is 41.7 Å². The molecule has 1 aliphatic rings. The molecule has 0 aliphatic carbocycles. The van der Waals surface area contributed by atoms with E-state index in [0.717, 1.165) is 5.56 Å². The Bertz CT molecular complexity index is 983. The zero-order chi connectivity index (χ0) is 18.1. The largest absolute Gasteiger partial charge is 0.379 e. The Morgan fingerprint density at radius 2 is 2.08 bits per heavy atom. The minimum Gasteiger partial charge on any atom is -0.379 e. The average molecular weight is 371 g/mol. The summed E-state index contributed by atoms with van der Waals surface area (Å²) in [5, 5.41) is 0.687. The molecule has 1 aliphatic heterocycles. The molecular formula is C17H17N5O3S. The van der Waals surface area contributed by atoms with Crippen LogP contribution in [-0.4, -0.2) is 55.7 Å². The smallest absolute Gasteiger partial charge is 0.266 e. The fourth-order valence-electron chi connectivity index (χ4n) is 2.97. The summed E-state index contributed by atoms with van der Waals surface area (Å²) in [5.41, 5.74) is 7.90. The first-order valence-corrected chi connectivity index (χ1v) is 9.22. The number of aromatic nitrogens is 3. The quantitative estimate of drug-likeness (QED) is 0.712. The van der Waals surface area contributed by atoms with Crippen LogP contribution >= 0.6 is 0 Å². The van der Waals surface area contributed by atoms with E-state index < -0.39 is 16.9 Å². The number of hydrogen-bond acceptors (Lipinski definition) is 5. The highest BCUT2D eigenvalue weighted by atomic mass is 32.2. The summed E-state index contributed by atoms with van der Waals surface area (Å²) in [5.74, 6) is -0.640. The van der Waals surface area contributed by atoms with E-state index in [1.54, 1.807) is 22.9 Å². The van der Waals surface area contributed by atoms with E-state index >= 15 is 0 Å². The summed E-state index contributed by atoms with van der Waals surface area (Å²) in [6, 6.07) is 5.55. The van der Waals surface area contributed by atoms with Gasteiger partial charge in [0, 0.05) is 41.9 Å². The Balaban J connectivity index is 1.86. The number of fused-ring (bicyclic) bond motifs is 1. The van der Waals surface area contributed by atoms with Crippen molar-refractivity contribution in [3.8, 4) is 11.3 Å². The minimum atomic E-state index is -1.52. The number of nitrogens with two attached hydrogens (primary N) is 1. The normalized spacial score (nSPS) is 16.6.